The largest absolute Gasteiger partial charge is 0.345 e. The number of carbonyl (C=O) groups excluding carboxylic acids is 1. The van der Waals surface area contributed by atoms with Crippen LogP contribution < -0.4 is 0 Å². The summed E-state index contributed by atoms with van der Waals surface area (Å²) in [4.78, 5) is 23.0. The number of aromatic nitrogens is 3. The summed E-state index contributed by atoms with van der Waals surface area (Å²) in [6, 6.07) is 8.13. The fourth-order valence-electron chi connectivity index (χ4n) is 3.10. The number of nitro benzene ring substituents is 1. The lowest BCUT2D eigenvalue weighted by atomic mass is 10.1. The Morgan fingerprint density at radius 3 is 2.59 bits per heavy atom. The Kier molecular flexibility index (Phi) is 5.03. The van der Waals surface area contributed by atoms with Gasteiger partial charge >= 0.3 is 0 Å². The fourth-order valence-corrected chi connectivity index (χ4v) is 3.10. The van der Waals surface area contributed by atoms with Crippen molar-refractivity contribution in [2.45, 2.75) is 26.9 Å². The number of Topliss-reactive ketones (excluding diaryl/α,β-unsaturated/α-hetero) is 1. The molecule has 0 aliphatic heterocycles. The molecule has 0 amide bonds. The molecular formula is C20H20N4O3. The third-order valence-corrected chi connectivity index (χ3v) is 4.54. The second-order valence-electron chi connectivity index (χ2n) is 6.34. The third kappa shape index (κ3) is 3.72. The van der Waals surface area contributed by atoms with Gasteiger partial charge in [-0.1, -0.05) is 6.08 Å². The van der Waals surface area contributed by atoms with Crippen molar-refractivity contribution in [2.75, 3.05) is 0 Å². The predicted octanol–water partition coefficient (Wildman–Crippen LogP) is 3.95. The number of benzene rings is 1. The zero-order chi connectivity index (χ0) is 19.6. The first-order chi connectivity index (χ1) is 12.9. The molecule has 2 aromatic heterocycles. The maximum absolute atomic E-state index is 12.7. The van der Waals surface area contributed by atoms with Crippen LogP contribution in [-0.4, -0.2) is 25.1 Å². The molecule has 0 fully saturated rings. The summed E-state index contributed by atoms with van der Waals surface area (Å²) in [6.07, 6.45) is 5.22. The fraction of sp³-hybridized carbons (Fsp3) is 0.200. The molecule has 0 saturated carbocycles. The van der Waals surface area contributed by atoms with Crippen LogP contribution in [0.1, 0.15) is 21.7 Å². The summed E-state index contributed by atoms with van der Waals surface area (Å²) >= 11 is 0. The molecule has 0 radical (unpaired) electrons. The molecule has 7 heteroatoms. The number of non-ortho nitro benzene ring substituents is 1. The highest BCUT2D eigenvalue weighted by molar-refractivity contribution is 5.97. The average Bonchev–Trinajstić information content (AvgIpc) is 3.22. The van der Waals surface area contributed by atoms with Crippen molar-refractivity contribution in [1.29, 1.82) is 0 Å². The van der Waals surface area contributed by atoms with Gasteiger partial charge in [-0.05, 0) is 37.6 Å². The van der Waals surface area contributed by atoms with Crippen molar-refractivity contribution in [3.8, 4) is 11.1 Å². The van der Waals surface area contributed by atoms with Gasteiger partial charge in [0.2, 0.25) is 0 Å². The van der Waals surface area contributed by atoms with Crippen molar-refractivity contribution in [3.05, 3.63) is 82.4 Å². The summed E-state index contributed by atoms with van der Waals surface area (Å²) in [5.74, 6) is -0.0169. The van der Waals surface area contributed by atoms with Crippen LogP contribution in [0.2, 0.25) is 0 Å². The van der Waals surface area contributed by atoms with Crippen LogP contribution in [0, 0.1) is 24.0 Å². The smallest absolute Gasteiger partial charge is 0.269 e. The van der Waals surface area contributed by atoms with Gasteiger partial charge in [-0.2, -0.15) is 5.10 Å². The Bertz CT molecular complexity index is 1010. The first-order valence-electron chi connectivity index (χ1n) is 8.49. The van der Waals surface area contributed by atoms with E-state index in [0.29, 0.717) is 12.1 Å². The van der Waals surface area contributed by atoms with Crippen LogP contribution >= 0.6 is 0 Å². The summed E-state index contributed by atoms with van der Waals surface area (Å²) in [7, 11) is 0. The summed E-state index contributed by atoms with van der Waals surface area (Å²) < 4.78 is 3.63. The quantitative estimate of drug-likeness (QED) is 0.275. The van der Waals surface area contributed by atoms with E-state index >= 15 is 0 Å². The highest BCUT2D eigenvalue weighted by atomic mass is 16.6. The Balaban J connectivity index is 1.77. The van der Waals surface area contributed by atoms with Gasteiger partial charge in [0.25, 0.3) is 5.69 Å². The Morgan fingerprint density at radius 2 is 1.96 bits per heavy atom. The van der Waals surface area contributed by atoms with E-state index in [1.165, 1.54) is 12.1 Å². The first kappa shape index (κ1) is 18.3. The van der Waals surface area contributed by atoms with E-state index < -0.39 is 4.92 Å². The van der Waals surface area contributed by atoms with Gasteiger partial charge in [0.15, 0.2) is 5.78 Å². The standard InChI is InChI=1S/C20H20N4O3/c1-4-9-23-14(2)10-19(15(23)3)20(25)13-22-12-17(11-21-22)16-5-7-18(8-6-16)24(26)27/h4-8,10-12H,1,9,13H2,2-3H3. The molecule has 0 N–H and O–H groups in total. The maximum atomic E-state index is 12.7. The van der Waals surface area contributed by atoms with Gasteiger partial charge in [0.1, 0.15) is 6.54 Å². The molecule has 3 rings (SSSR count). The number of hydrogen-bond donors (Lipinski definition) is 0. The van der Waals surface area contributed by atoms with Crippen molar-refractivity contribution in [2.24, 2.45) is 0 Å². The van der Waals surface area contributed by atoms with Gasteiger partial charge in [-0.25, -0.2) is 0 Å². The number of carbonyl (C=O) groups is 1. The van der Waals surface area contributed by atoms with Crippen molar-refractivity contribution >= 4 is 11.5 Å². The van der Waals surface area contributed by atoms with Crippen molar-refractivity contribution in [1.82, 2.24) is 14.3 Å². The van der Waals surface area contributed by atoms with E-state index in [1.807, 2.05) is 24.5 Å². The minimum atomic E-state index is -0.436. The zero-order valence-corrected chi connectivity index (χ0v) is 15.3. The number of ketones is 1. The topological polar surface area (TPSA) is 83.0 Å². The SMILES string of the molecule is C=CCn1c(C)cc(C(=O)Cn2cc(-c3ccc([N+](=O)[O-])cc3)cn2)c1C. The third-order valence-electron chi connectivity index (χ3n) is 4.54. The Labute approximate surface area is 156 Å². The molecule has 0 unspecified atom stereocenters. The van der Waals surface area contributed by atoms with Crippen molar-refractivity contribution in [3.63, 3.8) is 0 Å². The molecule has 0 spiro atoms. The van der Waals surface area contributed by atoms with Crippen LogP contribution in [0.25, 0.3) is 11.1 Å². The van der Waals surface area contributed by atoms with Gasteiger partial charge in [0, 0.05) is 47.4 Å². The molecule has 0 atom stereocenters. The van der Waals surface area contributed by atoms with Crippen molar-refractivity contribution < 1.29 is 9.72 Å². The van der Waals surface area contributed by atoms with E-state index in [9.17, 15) is 14.9 Å². The van der Waals surface area contributed by atoms with Gasteiger partial charge in [0.05, 0.1) is 11.1 Å². The number of nitrogens with zero attached hydrogens (tertiary/aromatic N) is 4. The van der Waals surface area contributed by atoms with Gasteiger partial charge in [-0.15, -0.1) is 6.58 Å². The molecular weight excluding hydrogens is 344 g/mol. The molecule has 7 nitrogen and oxygen atoms in total. The summed E-state index contributed by atoms with van der Waals surface area (Å²) in [5.41, 5.74) is 4.26. The predicted molar refractivity (Wildman–Crippen MR) is 103 cm³/mol. The minimum absolute atomic E-state index is 0.0169. The van der Waals surface area contributed by atoms with Gasteiger partial charge in [-0.3, -0.25) is 19.6 Å². The summed E-state index contributed by atoms with van der Waals surface area (Å²) in [6.45, 7) is 8.44. The summed E-state index contributed by atoms with van der Waals surface area (Å²) in [5, 5.41) is 15.0. The number of aryl methyl sites for hydroxylation is 1. The normalized spacial score (nSPS) is 10.7. The van der Waals surface area contributed by atoms with E-state index in [2.05, 4.69) is 11.7 Å². The average molecular weight is 364 g/mol. The molecule has 0 aliphatic rings. The van der Waals surface area contributed by atoms with Crippen LogP contribution in [-0.2, 0) is 13.1 Å². The highest BCUT2D eigenvalue weighted by Crippen LogP contribution is 2.22. The van der Waals surface area contributed by atoms with Gasteiger partial charge < -0.3 is 4.57 Å². The lowest BCUT2D eigenvalue weighted by Gasteiger charge is -2.06. The highest BCUT2D eigenvalue weighted by Gasteiger charge is 2.16. The lowest BCUT2D eigenvalue weighted by Crippen LogP contribution is -2.12. The number of hydrogen-bond acceptors (Lipinski definition) is 4. The number of allylic oxidation sites excluding steroid dienone is 1. The minimum Gasteiger partial charge on any atom is -0.345 e. The second kappa shape index (κ2) is 7.41. The Morgan fingerprint density at radius 1 is 1.26 bits per heavy atom. The van der Waals surface area contributed by atoms with Crippen LogP contribution in [0.5, 0.6) is 0 Å². The Hall–Kier alpha value is -3.48. The lowest BCUT2D eigenvalue weighted by molar-refractivity contribution is -0.384. The zero-order valence-electron chi connectivity index (χ0n) is 15.3. The molecule has 27 heavy (non-hydrogen) atoms. The number of nitro groups is 1. The number of rotatable bonds is 7. The monoisotopic (exact) mass is 364 g/mol. The second-order valence-corrected chi connectivity index (χ2v) is 6.34. The van der Waals surface area contributed by atoms with E-state index in [0.717, 1.165) is 22.5 Å². The van der Waals surface area contributed by atoms with Crippen LogP contribution in [0.3, 0.4) is 0 Å². The molecule has 0 aliphatic carbocycles. The molecule has 2 heterocycles. The van der Waals surface area contributed by atoms with Crippen LogP contribution in [0.4, 0.5) is 5.69 Å². The van der Waals surface area contributed by atoms with E-state index in [1.54, 1.807) is 35.3 Å². The maximum Gasteiger partial charge on any atom is 0.269 e. The van der Waals surface area contributed by atoms with E-state index in [4.69, 9.17) is 0 Å². The first-order valence-corrected chi connectivity index (χ1v) is 8.49. The molecule has 138 valence electrons. The van der Waals surface area contributed by atoms with E-state index in [-0.39, 0.29) is 18.0 Å². The molecule has 1 aromatic carbocycles. The molecule has 0 saturated heterocycles. The molecule has 3 aromatic rings. The van der Waals surface area contributed by atoms with Crippen LogP contribution in [0.15, 0.2) is 55.4 Å². The molecule has 0 bridgehead atoms.